The minimum absolute atomic E-state index is 0.279. The van der Waals surface area contributed by atoms with Crippen LogP contribution in [0.1, 0.15) is 18.2 Å². The molecular weight excluding hydrogens is 231 g/mol. The normalized spacial score (nSPS) is 10.4. The molecule has 0 fully saturated rings. The second kappa shape index (κ2) is 5.10. The first-order chi connectivity index (χ1) is 8.65. The SMILES string of the molecule is CCc1nc(-c2ccc(F)cc2)nc(NN)c1C. The number of benzene rings is 1. The van der Waals surface area contributed by atoms with Gasteiger partial charge in [-0.05, 0) is 37.6 Å². The molecule has 2 rings (SSSR count). The van der Waals surface area contributed by atoms with Gasteiger partial charge in [0, 0.05) is 16.8 Å². The fourth-order valence-electron chi connectivity index (χ4n) is 1.78. The zero-order valence-electron chi connectivity index (χ0n) is 10.4. The van der Waals surface area contributed by atoms with E-state index in [1.165, 1.54) is 12.1 Å². The summed E-state index contributed by atoms with van der Waals surface area (Å²) in [5.74, 6) is 6.31. The number of hydrazine groups is 1. The van der Waals surface area contributed by atoms with Crippen molar-refractivity contribution in [1.29, 1.82) is 0 Å². The van der Waals surface area contributed by atoms with Crippen molar-refractivity contribution in [3.63, 3.8) is 0 Å². The molecule has 18 heavy (non-hydrogen) atoms. The fraction of sp³-hybridized carbons (Fsp3) is 0.231. The number of aromatic nitrogens is 2. The van der Waals surface area contributed by atoms with E-state index in [4.69, 9.17) is 5.84 Å². The van der Waals surface area contributed by atoms with Crippen molar-refractivity contribution in [2.75, 3.05) is 5.43 Å². The average Bonchev–Trinajstić information content (AvgIpc) is 2.40. The van der Waals surface area contributed by atoms with Crippen molar-refractivity contribution in [3.05, 3.63) is 41.3 Å². The Labute approximate surface area is 105 Å². The topological polar surface area (TPSA) is 63.8 Å². The molecule has 0 saturated carbocycles. The van der Waals surface area contributed by atoms with Gasteiger partial charge in [0.05, 0.1) is 0 Å². The Bertz CT molecular complexity index is 526. The molecule has 0 amide bonds. The number of hydrogen-bond acceptors (Lipinski definition) is 4. The van der Waals surface area contributed by atoms with Gasteiger partial charge in [-0.25, -0.2) is 20.2 Å². The van der Waals surface area contributed by atoms with E-state index in [9.17, 15) is 4.39 Å². The Morgan fingerprint density at radius 2 is 1.89 bits per heavy atom. The van der Waals surface area contributed by atoms with Crippen LogP contribution in [0.2, 0.25) is 0 Å². The Morgan fingerprint density at radius 1 is 1.22 bits per heavy atom. The Balaban J connectivity index is 2.54. The molecule has 0 aliphatic rings. The third kappa shape index (κ3) is 2.31. The van der Waals surface area contributed by atoms with Crippen molar-refractivity contribution in [2.24, 2.45) is 5.84 Å². The number of nitrogens with zero attached hydrogens (tertiary/aromatic N) is 2. The maximum Gasteiger partial charge on any atom is 0.161 e. The molecule has 0 spiro atoms. The molecule has 1 heterocycles. The third-order valence-corrected chi connectivity index (χ3v) is 2.82. The number of halogens is 1. The van der Waals surface area contributed by atoms with Crippen LogP contribution in [0.15, 0.2) is 24.3 Å². The van der Waals surface area contributed by atoms with Crippen LogP contribution in [0.25, 0.3) is 11.4 Å². The fourth-order valence-corrected chi connectivity index (χ4v) is 1.78. The summed E-state index contributed by atoms with van der Waals surface area (Å²) in [6.45, 7) is 3.94. The molecule has 0 aliphatic heterocycles. The van der Waals surface area contributed by atoms with E-state index >= 15 is 0 Å². The van der Waals surface area contributed by atoms with Crippen LogP contribution in [0, 0.1) is 12.7 Å². The van der Waals surface area contributed by atoms with E-state index in [0.717, 1.165) is 23.2 Å². The highest BCUT2D eigenvalue weighted by molar-refractivity contribution is 5.59. The standard InChI is InChI=1S/C13H15FN4/c1-3-11-8(2)12(18-15)17-13(16-11)9-4-6-10(14)7-5-9/h4-7H,3,15H2,1-2H3,(H,16,17,18). The summed E-state index contributed by atoms with van der Waals surface area (Å²) in [4.78, 5) is 8.80. The second-order valence-corrected chi connectivity index (χ2v) is 3.97. The van der Waals surface area contributed by atoms with Gasteiger partial charge >= 0.3 is 0 Å². The number of nitrogens with two attached hydrogens (primary N) is 1. The predicted molar refractivity (Wildman–Crippen MR) is 69.4 cm³/mol. The van der Waals surface area contributed by atoms with Gasteiger partial charge in [0.25, 0.3) is 0 Å². The summed E-state index contributed by atoms with van der Waals surface area (Å²) < 4.78 is 12.9. The monoisotopic (exact) mass is 246 g/mol. The Hall–Kier alpha value is -2.01. The minimum Gasteiger partial charge on any atom is -0.308 e. The second-order valence-electron chi connectivity index (χ2n) is 3.97. The minimum atomic E-state index is -0.279. The molecule has 0 aliphatic carbocycles. The molecule has 0 saturated heterocycles. The Kier molecular flexibility index (Phi) is 3.53. The molecule has 1 aromatic heterocycles. The summed E-state index contributed by atoms with van der Waals surface area (Å²) in [5.41, 5.74) is 5.20. The number of nitrogens with one attached hydrogen (secondary N) is 1. The summed E-state index contributed by atoms with van der Waals surface area (Å²) in [7, 11) is 0. The maximum atomic E-state index is 12.9. The molecule has 0 atom stereocenters. The van der Waals surface area contributed by atoms with Crippen LogP contribution in [0.4, 0.5) is 10.2 Å². The van der Waals surface area contributed by atoms with Crippen LogP contribution in [0.5, 0.6) is 0 Å². The summed E-state index contributed by atoms with van der Waals surface area (Å²) >= 11 is 0. The zero-order chi connectivity index (χ0) is 13.1. The molecule has 0 radical (unpaired) electrons. The molecule has 5 heteroatoms. The number of aryl methyl sites for hydroxylation is 1. The van der Waals surface area contributed by atoms with Gasteiger partial charge in [-0.3, -0.25) is 0 Å². The highest BCUT2D eigenvalue weighted by Crippen LogP contribution is 2.21. The summed E-state index contributed by atoms with van der Waals surface area (Å²) in [6, 6.07) is 6.08. The maximum absolute atomic E-state index is 12.9. The number of anilines is 1. The first-order valence-electron chi connectivity index (χ1n) is 5.75. The van der Waals surface area contributed by atoms with Gasteiger partial charge in [-0.1, -0.05) is 6.92 Å². The van der Waals surface area contributed by atoms with E-state index < -0.39 is 0 Å². The van der Waals surface area contributed by atoms with Crippen LogP contribution in [0.3, 0.4) is 0 Å². The highest BCUT2D eigenvalue weighted by Gasteiger charge is 2.10. The third-order valence-electron chi connectivity index (χ3n) is 2.82. The van der Waals surface area contributed by atoms with E-state index in [-0.39, 0.29) is 5.82 Å². The van der Waals surface area contributed by atoms with Gasteiger partial charge in [-0.15, -0.1) is 0 Å². The first kappa shape index (κ1) is 12.4. The lowest BCUT2D eigenvalue weighted by atomic mass is 10.1. The van der Waals surface area contributed by atoms with E-state index in [1.54, 1.807) is 12.1 Å². The highest BCUT2D eigenvalue weighted by atomic mass is 19.1. The number of rotatable bonds is 3. The van der Waals surface area contributed by atoms with E-state index in [1.807, 2.05) is 13.8 Å². The summed E-state index contributed by atoms with van der Waals surface area (Å²) in [6.07, 6.45) is 0.789. The molecule has 4 nitrogen and oxygen atoms in total. The van der Waals surface area contributed by atoms with E-state index in [0.29, 0.717) is 11.6 Å². The molecule has 0 bridgehead atoms. The molecule has 0 unspecified atom stereocenters. The number of nitrogen functional groups attached to an aromatic ring is 1. The molecule has 1 aromatic carbocycles. The van der Waals surface area contributed by atoms with Gasteiger partial charge in [-0.2, -0.15) is 0 Å². The van der Waals surface area contributed by atoms with Crippen molar-refractivity contribution in [3.8, 4) is 11.4 Å². The smallest absolute Gasteiger partial charge is 0.161 e. The van der Waals surface area contributed by atoms with Gasteiger partial charge < -0.3 is 5.43 Å². The lowest BCUT2D eigenvalue weighted by molar-refractivity contribution is 0.628. The average molecular weight is 246 g/mol. The molecular formula is C13H15FN4. The van der Waals surface area contributed by atoms with Crippen LogP contribution in [-0.2, 0) is 6.42 Å². The quantitative estimate of drug-likeness (QED) is 0.645. The first-order valence-corrected chi connectivity index (χ1v) is 5.75. The molecule has 94 valence electrons. The van der Waals surface area contributed by atoms with E-state index in [2.05, 4.69) is 15.4 Å². The van der Waals surface area contributed by atoms with Gasteiger partial charge in [0.2, 0.25) is 0 Å². The predicted octanol–water partition coefficient (Wildman–Crippen LogP) is 2.44. The van der Waals surface area contributed by atoms with Crippen LogP contribution in [-0.4, -0.2) is 9.97 Å². The number of hydrogen-bond donors (Lipinski definition) is 2. The van der Waals surface area contributed by atoms with Crippen molar-refractivity contribution in [1.82, 2.24) is 9.97 Å². The molecule has 3 N–H and O–H groups in total. The van der Waals surface area contributed by atoms with Crippen molar-refractivity contribution in [2.45, 2.75) is 20.3 Å². The lowest BCUT2D eigenvalue weighted by Crippen LogP contribution is -2.13. The molecule has 2 aromatic rings. The van der Waals surface area contributed by atoms with Crippen molar-refractivity contribution >= 4 is 5.82 Å². The van der Waals surface area contributed by atoms with Crippen LogP contribution < -0.4 is 11.3 Å². The van der Waals surface area contributed by atoms with Gasteiger partial charge in [0.1, 0.15) is 11.6 Å². The van der Waals surface area contributed by atoms with Crippen molar-refractivity contribution < 1.29 is 4.39 Å². The lowest BCUT2D eigenvalue weighted by Gasteiger charge is -2.10. The largest absolute Gasteiger partial charge is 0.308 e. The van der Waals surface area contributed by atoms with Gasteiger partial charge in [0.15, 0.2) is 5.82 Å². The zero-order valence-corrected chi connectivity index (χ0v) is 10.4. The summed E-state index contributed by atoms with van der Waals surface area (Å²) in [5, 5.41) is 0. The van der Waals surface area contributed by atoms with Crippen LogP contribution >= 0.6 is 0 Å². The Morgan fingerprint density at radius 3 is 2.44 bits per heavy atom.